The summed E-state index contributed by atoms with van der Waals surface area (Å²) in [7, 11) is 0. The Labute approximate surface area is 100 Å². The summed E-state index contributed by atoms with van der Waals surface area (Å²) in [5, 5.41) is 19.9. The fraction of sp³-hybridized carbons (Fsp3) is 0.357. The molecule has 0 amide bonds. The first-order valence-corrected chi connectivity index (χ1v) is 5.66. The molecule has 1 aliphatic rings. The zero-order valence-corrected chi connectivity index (χ0v) is 10.2. The normalized spacial score (nSPS) is 23.6. The van der Waals surface area contributed by atoms with E-state index < -0.39 is 11.4 Å². The number of ketones is 1. The Morgan fingerprint density at radius 3 is 2.53 bits per heavy atom. The summed E-state index contributed by atoms with van der Waals surface area (Å²) in [6.45, 7) is 5.54. The van der Waals surface area contributed by atoms with Crippen LogP contribution in [0.3, 0.4) is 0 Å². The molecular weight excluding hydrogens is 216 g/mol. The first kappa shape index (κ1) is 11.9. The van der Waals surface area contributed by atoms with E-state index >= 15 is 0 Å². The number of aliphatic hydroxyl groups is 2. The maximum absolute atomic E-state index is 11.7. The van der Waals surface area contributed by atoms with Crippen LogP contribution in [0.15, 0.2) is 24.3 Å². The third kappa shape index (κ3) is 1.76. The van der Waals surface area contributed by atoms with Gasteiger partial charge in [-0.1, -0.05) is 32.0 Å². The Balaban J connectivity index is 2.67. The van der Waals surface area contributed by atoms with E-state index in [9.17, 15) is 15.0 Å². The van der Waals surface area contributed by atoms with Gasteiger partial charge in [0.2, 0.25) is 0 Å². The van der Waals surface area contributed by atoms with Gasteiger partial charge in [-0.3, -0.25) is 4.79 Å². The van der Waals surface area contributed by atoms with Crippen LogP contribution in [-0.2, 0) is 10.4 Å². The second-order valence-electron chi connectivity index (χ2n) is 4.93. The van der Waals surface area contributed by atoms with E-state index in [-0.39, 0.29) is 5.76 Å². The first-order chi connectivity index (χ1) is 7.84. The van der Waals surface area contributed by atoms with Crippen molar-refractivity contribution in [2.24, 2.45) is 0 Å². The predicted octanol–water partition coefficient (Wildman–Crippen LogP) is 2.50. The van der Waals surface area contributed by atoms with Gasteiger partial charge >= 0.3 is 0 Å². The number of rotatable bonds is 1. The standard InChI is InChI=1S/C14H16O3/c1-8(2)9-4-5-10-11(6-9)14(3,17)13(16)7-12(10)15/h4-8,15,17H,1-3H3. The van der Waals surface area contributed by atoms with E-state index in [0.717, 1.165) is 11.6 Å². The summed E-state index contributed by atoms with van der Waals surface area (Å²) in [5.74, 6) is -0.255. The lowest BCUT2D eigenvalue weighted by Gasteiger charge is -2.28. The second kappa shape index (κ2) is 3.70. The zero-order valence-electron chi connectivity index (χ0n) is 10.2. The van der Waals surface area contributed by atoms with E-state index in [2.05, 4.69) is 0 Å². The number of carbonyl (C=O) groups is 1. The first-order valence-electron chi connectivity index (χ1n) is 5.66. The van der Waals surface area contributed by atoms with Gasteiger partial charge in [0.05, 0.1) is 0 Å². The molecule has 3 heteroatoms. The van der Waals surface area contributed by atoms with E-state index in [1.54, 1.807) is 12.1 Å². The van der Waals surface area contributed by atoms with Crippen molar-refractivity contribution in [1.29, 1.82) is 0 Å². The molecule has 1 aliphatic carbocycles. The van der Waals surface area contributed by atoms with Crippen LogP contribution >= 0.6 is 0 Å². The van der Waals surface area contributed by atoms with E-state index in [0.29, 0.717) is 17.0 Å². The van der Waals surface area contributed by atoms with Crippen molar-refractivity contribution in [3.8, 4) is 0 Å². The molecule has 0 fully saturated rings. The summed E-state index contributed by atoms with van der Waals surface area (Å²) in [6, 6.07) is 5.44. The topological polar surface area (TPSA) is 57.5 Å². The van der Waals surface area contributed by atoms with Gasteiger partial charge in [0.1, 0.15) is 11.4 Å². The molecule has 0 heterocycles. The average Bonchev–Trinajstić information content (AvgIpc) is 2.26. The van der Waals surface area contributed by atoms with Gasteiger partial charge in [0.15, 0.2) is 5.78 Å². The van der Waals surface area contributed by atoms with Crippen molar-refractivity contribution in [1.82, 2.24) is 0 Å². The fourth-order valence-electron chi connectivity index (χ4n) is 2.02. The van der Waals surface area contributed by atoms with Crippen LogP contribution in [-0.4, -0.2) is 16.0 Å². The minimum Gasteiger partial charge on any atom is -0.507 e. The number of carbonyl (C=O) groups excluding carboxylic acids is 1. The van der Waals surface area contributed by atoms with Crippen LogP contribution in [0.25, 0.3) is 5.76 Å². The van der Waals surface area contributed by atoms with Crippen molar-refractivity contribution in [3.63, 3.8) is 0 Å². The lowest BCUT2D eigenvalue weighted by molar-refractivity contribution is -0.131. The van der Waals surface area contributed by atoms with Gasteiger partial charge in [-0.05, 0) is 18.4 Å². The molecule has 1 atom stereocenters. The summed E-state index contributed by atoms with van der Waals surface area (Å²) >= 11 is 0. The highest BCUT2D eigenvalue weighted by atomic mass is 16.3. The highest BCUT2D eigenvalue weighted by Crippen LogP contribution is 2.35. The number of aliphatic hydroxyl groups excluding tert-OH is 1. The minimum absolute atomic E-state index is 0.0770. The van der Waals surface area contributed by atoms with Crippen molar-refractivity contribution >= 4 is 11.5 Å². The molecule has 0 saturated heterocycles. The fourth-order valence-corrected chi connectivity index (χ4v) is 2.02. The number of hydrogen-bond acceptors (Lipinski definition) is 3. The molecule has 90 valence electrons. The van der Waals surface area contributed by atoms with Crippen LogP contribution < -0.4 is 0 Å². The second-order valence-corrected chi connectivity index (χ2v) is 4.93. The van der Waals surface area contributed by atoms with Crippen molar-refractivity contribution in [2.75, 3.05) is 0 Å². The number of hydrogen-bond donors (Lipinski definition) is 2. The summed E-state index contributed by atoms with van der Waals surface area (Å²) in [4.78, 5) is 11.7. The summed E-state index contributed by atoms with van der Waals surface area (Å²) < 4.78 is 0. The molecule has 0 saturated carbocycles. The van der Waals surface area contributed by atoms with Gasteiger partial charge in [-0.25, -0.2) is 0 Å². The van der Waals surface area contributed by atoms with E-state index in [1.165, 1.54) is 6.92 Å². The van der Waals surface area contributed by atoms with Crippen LogP contribution in [0, 0.1) is 0 Å². The smallest absolute Gasteiger partial charge is 0.195 e. The molecule has 2 rings (SSSR count). The highest BCUT2D eigenvalue weighted by Gasteiger charge is 2.37. The molecule has 3 nitrogen and oxygen atoms in total. The molecule has 0 aliphatic heterocycles. The van der Waals surface area contributed by atoms with Crippen molar-refractivity contribution in [2.45, 2.75) is 32.3 Å². The summed E-state index contributed by atoms with van der Waals surface area (Å²) in [6.07, 6.45) is 1.08. The van der Waals surface area contributed by atoms with Gasteiger partial charge in [-0.2, -0.15) is 0 Å². The zero-order chi connectivity index (χ0) is 12.8. The molecule has 1 aromatic rings. The van der Waals surface area contributed by atoms with E-state index in [1.807, 2.05) is 19.9 Å². The third-order valence-corrected chi connectivity index (χ3v) is 3.26. The van der Waals surface area contributed by atoms with Gasteiger partial charge < -0.3 is 10.2 Å². The Hall–Kier alpha value is -1.61. The molecule has 17 heavy (non-hydrogen) atoms. The van der Waals surface area contributed by atoms with Gasteiger partial charge in [-0.15, -0.1) is 0 Å². The minimum atomic E-state index is -1.55. The molecule has 0 aromatic heterocycles. The quantitative estimate of drug-likeness (QED) is 0.782. The maximum Gasteiger partial charge on any atom is 0.195 e. The largest absolute Gasteiger partial charge is 0.507 e. The van der Waals surface area contributed by atoms with Gasteiger partial charge in [0, 0.05) is 17.2 Å². The molecule has 1 aromatic carbocycles. The molecule has 0 radical (unpaired) electrons. The maximum atomic E-state index is 11.7. The lowest BCUT2D eigenvalue weighted by Crippen LogP contribution is -2.34. The van der Waals surface area contributed by atoms with Crippen LogP contribution in [0.1, 0.15) is 43.4 Å². The van der Waals surface area contributed by atoms with Crippen LogP contribution in [0.5, 0.6) is 0 Å². The molecule has 0 bridgehead atoms. The average molecular weight is 232 g/mol. The number of fused-ring (bicyclic) bond motifs is 1. The predicted molar refractivity (Wildman–Crippen MR) is 65.7 cm³/mol. The van der Waals surface area contributed by atoms with Crippen LogP contribution in [0.2, 0.25) is 0 Å². The lowest BCUT2D eigenvalue weighted by atomic mass is 9.81. The highest BCUT2D eigenvalue weighted by molar-refractivity contribution is 6.05. The van der Waals surface area contributed by atoms with E-state index in [4.69, 9.17) is 0 Å². The molecule has 2 N–H and O–H groups in total. The van der Waals surface area contributed by atoms with Gasteiger partial charge in [0.25, 0.3) is 0 Å². The monoisotopic (exact) mass is 232 g/mol. The Morgan fingerprint density at radius 2 is 1.94 bits per heavy atom. The van der Waals surface area contributed by atoms with Crippen molar-refractivity contribution in [3.05, 3.63) is 41.0 Å². The molecule has 1 unspecified atom stereocenters. The summed E-state index contributed by atoms with van der Waals surface area (Å²) in [5.41, 5.74) is 0.492. The third-order valence-electron chi connectivity index (χ3n) is 3.26. The molecular formula is C14H16O3. The Kier molecular flexibility index (Phi) is 2.59. The Morgan fingerprint density at radius 1 is 1.29 bits per heavy atom. The Bertz CT molecular complexity index is 510. The SMILES string of the molecule is CC(C)c1ccc2c(c1)C(C)(O)C(=O)C=C2O. The number of benzene rings is 1. The van der Waals surface area contributed by atoms with Crippen LogP contribution in [0.4, 0.5) is 0 Å². The van der Waals surface area contributed by atoms with Crippen molar-refractivity contribution < 1.29 is 15.0 Å². The molecule has 0 spiro atoms.